The summed E-state index contributed by atoms with van der Waals surface area (Å²) >= 11 is 0. The molecule has 0 saturated carbocycles. The molecular weight excluding hydrogens is 304 g/mol. The van der Waals surface area contributed by atoms with Crippen LogP contribution in [0.1, 0.15) is 28.6 Å². The third-order valence-corrected chi connectivity index (χ3v) is 4.28. The number of nitrogens with one attached hydrogen (secondary N) is 1. The van der Waals surface area contributed by atoms with Gasteiger partial charge in [0.1, 0.15) is 12.6 Å². The minimum atomic E-state index is -0.580. The van der Waals surface area contributed by atoms with Crippen LogP contribution in [0.3, 0.4) is 0 Å². The third kappa shape index (κ3) is 3.18. The van der Waals surface area contributed by atoms with Crippen molar-refractivity contribution in [2.24, 2.45) is 0 Å². The van der Waals surface area contributed by atoms with Gasteiger partial charge in [-0.05, 0) is 32.4 Å². The van der Waals surface area contributed by atoms with Crippen LogP contribution in [0.4, 0.5) is 0 Å². The monoisotopic (exact) mass is 326 g/mol. The number of piperazine rings is 1. The molecule has 2 amide bonds. The Morgan fingerprint density at radius 3 is 2.75 bits per heavy atom. The Labute approximate surface area is 141 Å². The van der Waals surface area contributed by atoms with E-state index in [4.69, 9.17) is 0 Å². The van der Waals surface area contributed by atoms with E-state index in [-0.39, 0.29) is 18.4 Å². The molecular formula is C18H22N4O2. The molecule has 1 aromatic carbocycles. The van der Waals surface area contributed by atoms with Gasteiger partial charge in [-0.3, -0.25) is 14.3 Å². The van der Waals surface area contributed by atoms with Crippen molar-refractivity contribution in [3.8, 4) is 0 Å². The number of amides is 2. The SMILES string of the molecule is Cc1cccc(C2C(=O)NCCN2C(=O)Cn2nc(C)cc2C)c1. The topological polar surface area (TPSA) is 67.2 Å². The molecule has 0 aliphatic carbocycles. The van der Waals surface area contributed by atoms with E-state index in [0.29, 0.717) is 13.1 Å². The molecule has 1 N–H and O–H groups in total. The number of hydrogen-bond donors (Lipinski definition) is 1. The van der Waals surface area contributed by atoms with E-state index < -0.39 is 6.04 Å². The molecule has 3 rings (SSSR count). The molecule has 0 spiro atoms. The number of aromatic nitrogens is 2. The zero-order chi connectivity index (χ0) is 17.3. The van der Waals surface area contributed by atoms with E-state index in [2.05, 4.69) is 10.4 Å². The summed E-state index contributed by atoms with van der Waals surface area (Å²) in [6.45, 7) is 6.93. The van der Waals surface area contributed by atoms with Crippen molar-refractivity contribution in [2.45, 2.75) is 33.4 Å². The molecule has 24 heavy (non-hydrogen) atoms. The number of aryl methyl sites for hydroxylation is 3. The molecule has 2 heterocycles. The third-order valence-electron chi connectivity index (χ3n) is 4.28. The van der Waals surface area contributed by atoms with Crippen LogP contribution >= 0.6 is 0 Å². The minimum absolute atomic E-state index is 0.0949. The first-order valence-electron chi connectivity index (χ1n) is 8.10. The van der Waals surface area contributed by atoms with E-state index in [1.807, 2.05) is 51.1 Å². The van der Waals surface area contributed by atoms with E-state index >= 15 is 0 Å². The standard InChI is InChI=1S/C18H22N4O2/c1-12-5-4-6-15(9-12)17-18(24)19-7-8-21(17)16(23)11-22-14(3)10-13(2)20-22/h4-6,9-10,17H,7-8,11H2,1-3H3,(H,19,24). The van der Waals surface area contributed by atoms with E-state index in [0.717, 1.165) is 22.5 Å². The van der Waals surface area contributed by atoms with Crippen LogP contribution < -0.4 is 5.32 Å². The van der Waals surface area contributed by atoms with Crippen molar-refractivity contribution < 1.29 is 9.59 Å². The Kier molecular flexibility index (Phi) is 4.38. The average molecular weight is 326 g/mol. The summed E-state index contributed by atoms with van der Waals surface area (Å²) < 4.78 is 1.69. The normalized spacial score (nSPS) is 17.7. The number of rotatable bonds is 3. The summed E-state index contributed by atoms with van der Waals surface area (Å²) in [4.78, 5) is 26.9. The van der Waals surface area contributed by atoms with Crippen LogP contribution in [0.15, 0.2) is 30.3 Å². The van der Waals surface area contributed by atoms with Crippen molar-refractivity contribution in [3.05, 3.63) is 52.8 Å². The molecule has 1 atom stereocenters. The smallest absolute Gasteiger partial charge is 0.247 e. The molecule has 1 unspecified atom stereocenters. The summed E-state index contributed by atoms with van der Waals surface area (Å²) in [6.07, 6.45) is 0. The predicted molar refractivity (Wildman–Crippen MR) is 90.3 cm³/mol. The van der Waals surface area contributed by atoms with Crippen molar-refractivity contribution in [2.75, 3.05) is 13.1 Å². The highest BCUT2D eigenvalue weighted by molar-refractivity contribution is 5.89. The molecule has 6 heteroatoms. The lowest BCUT2D eigenvalue weighted by molar-refractivity contribution is -0.144. The molecule has 1 aliphatic heterocycles. The Morgan fingerprint density at radius 2 is 2.08 bits per heavy atom. The van der Waals surface area contributed by atoms with Gasteiger partial charge in [0.2, 0.25) is 11.8 Å². The molecule has 0 bridgehead atoms. The maximum Gasteiger partial charge on any atom is 0.247 e. The van der Waals surface area contributed by atoms with E-state index in [1.165, 1.54) is 0 Å². The summed E-state index contributed by atoms with van der Waals surface area (Å²) in [5.41, 5.74) is 3.73. The quantitative estimate of drug-likeness (QED) is 0.930. The van der Waals surface area contributed by atoms with Crippen LogP contribution in [-0.2, 0) is 16.1 Å². The van der Waals surface area contributed by atoms with Crippen LogP contribution in [0.2, 0.25) is 0 Å². The predicted octanol–water partition coefficient (Wildman–Crippen LogP) is 1.51. The van der Waals surface area contributed by atoms with Crippen LogP contribution in [0.5, 0.6) is 0 Å². The fraction of sp³-hybridized carbons (Fsp3) is 0.389. The van der Waals surface area contributed by atoms with Gasteiger partial charge in [0, 0.05) is 18.8 Å². The summed E-state index contributed by atoms with van der Waals surface area (Å²) in [7, 11) is 0. The highest BCUT2D eigenvalue weighted by Gasteiger charge is 2.34. The molecule has 2 aromatic rings. The second-order valence-electron chi connectivity index (χ2n) is 6.28. The molecule has 1 saturated heterocycles. The first kappa shape index (κ1) is 16.2. The first-order chi connectivity index (χ1) is 11.5. The van der Waals surface area contributed by atoms with Gasteiger partial charge in [-0.25, -0.2) is 0 Å². The van der Waals surface area contributed by atoms with Crippen molar-refractivity contribution in [1.82, 2.24) is 20.0 Å². The fourth-order valence-corrected chi connectivity index (χ4v) is 3.16. The van der Waals surface area contributed by atoms with Gasteiger partial charge in [-0.2, -0.15) is 5.10 Å². The second-order valence-corrected chi connectivity index (χ2v) is 6.28. The Balaban J connectivity index is 1.87. The molecule has 126 valence electrons. The minimum Gasteiger partial charge on any atom is -0.352 e. The van der Waals surface area contributed by atoms with Gasteiger partial charge < -0.3 is 10.2 Å². The van der Waals surface area contributed by atoms with Crippen LogP contribution in [0, 0.1) is 20.8 Å². The number of hydrogen-bond acceptors (Lipinski definition) is 3. The number of benzene rings is 1. The number of carbonyl (C=O) groups is 2. The summed E-state index contributed by atoms with van der Waals surface area (Å²) in [5.74, 6) is -0.226. The average Bonchev–Trinajstić information content (AvgIpc) is 2.84. The molecule has 1 aliphatic rings. The number of nitrogens with zero attached hydrogens (tertiary/aromatic N) is 3. The second kappa shape index (κ2) is 6.47. The maximum absolute atomic E-state index is 12.8. The van der Waals surface area contributed by atoms with Gasteiger partial charge in [0.15, 0.2) is 0 Å². The lowest BCUT2D eigenvalue weighted by Gasteiger charge is -2.35. The largest absolute Gasteiger partial charge is 0.352 e. The highest BCUT2D eigenvalue weighted by Crippen LogP contribution is 2.24. The molecule has 6 nitrogen and oxygen atoms in total. The van der Waals surface area contributed by atoms with Gasteiger partial charge in [0.05, 0.1) is 5.69 Å². The maximum atomic E-state index is 12.8. The zero-order valence-corrected chi connectivity index (χ0v) is 14.2. The van der Waals surface area contributed by atoms with Gasteiger partial charge in [-0.1, -0.05) is 29.8 Å². The summed E-state index contributed by atoms with van der Waals surface area (Å²) in [5, 5.41) is 7.20. The fourth-order valence-electron chi connectivity index (χ4n) is 3.16. The van der Waals surface area contributed by atoms with Crippen LogP contribution in [0.25, 0.3) is 0 Å². The van der Waals surface area contributed by atoms with Crippen molar-refractivity contribution >= 4 is 11.8 Å². The van der Waals surface area contributed by atoms with Gasteiger partial charge in [0.25, 0.3) is 0 Å². The first-order valence-corrected chi connectivity index (χ1v) is 8.10. The van der Waals surface area contributed by atoms with Crippen LogP contribution in [-0.4, -0.2) is 39.6 Å². The highest BCUT2D eigenvalue weighted by atomic mass is 16.2. The lowest BCUT2D eigenvalue weighted by Crippen LogP contribution is -2.53. The van der Waals surface area contributed by atoms with Gasteiger partial charge >= 0.3 is 0 Å². The summed E-state index contributed by atoms with van der Waals surface area (Å²) in [6, 6.07) is 9.10. The molecule has 1 aromatic heterocycles. The lowest BCUT2D eigenvalue weighted by atomic mass is 10.0. The van der Waals surface area contributed by atoms with E-state index in [1.54, 1.807) is 9.58 Å². The Hall–Kier alpha value is -2.63. The van der Waals surface area contributed by atoms with E-state index in [9.17, 15) is 9.59 Å². The Bertz CT molecular complexity index is 781. The van der Waals surface area contributed by atoms with Gasteiger partial charge in [-0.15, -0.1) is 0 Å². The zero-order valence-electron chi connectivity index (χ0n) is 14.2. The number of carbonyl (C=O) groups excluding carboxylic acids is 2. The van der Waals surface area contributed by atoms with Crippen molar-refractivity contribution in [3.63, 3.8) is 0 Å². The molecule has 1 fully saturated rings. The Morgan fingerprint density at radius 1 is 1.29 bits per heavy atom. The molecule has 0 radical (unpaired) electrons. The van der Waals surface area contributed by atoms with Crippen molar-refractivity contribution in [1.29, 1.82) is 0 Å².